The van der Waals surface area contributed by atoms with Crippen molar-refractivity contribution >= 4 is 17.7 Å². The number of nitrogens with one attached hydrogen (secondary N) is 1. The van der Waals surface area contributed by atoms with Gasteiger partial charge in [-0.05, 0) is 30.5 Å². The van der Waals surface area contributed by atoms with E-state index in [9.17, 15) is 4.79 Å². The molecule has 0 bridgehead atoms. The maximum Gasteiger partial charge on any atom is 0.230 e. The van der Waals surface area contributed by atoms with Crippen molar-refractivity contribution in [3.63, 3.8) is 0 Å². The topological polar surface area (TPSA) is 72.3 Å². The van der Waals surface area contributed by atoms with Crippen molar-refractivity contribution in [2.75, 3.05) is 32.0 Å². The normalized spacial score (nSPS) is 18.8. The molecule has 3 aromatic rings. The van der Waals surface area contributed by atoms with E-state index in [1.807, 2.05) is 41.1 Å². The van der Waals surface area contributed by atoms with Crippen molar-refractivity contribution in [1.82, 2.24) is 25.0 Å². The van der Waals surface area contributed by atoms with Gasteiger partial charge < -0.3 is 10.1 Å². The van der Waals surface area contributed by atoms with Crippen molar-refractivity contribution in [2.45, 2.75) is 36.6 Å². The number of hydrogen-bond donors (Lipinski definition) is 1. The number of morpholine rings is 1. The number of aromatic nitrogens is 3. The average Bonchev–Trinajstić information content (AvgIpc) is 3.62. The molecule has 33 heavy (non-hydrogen) atoms. The van der Waals surface area contributed by atoms with Gasteiger partial charge in [0.1, 0.15) is 5.82 Å². The first kappa shape index (κ1) is 22.1. The Kier molecular flexibility index (Phi) is 7.04. The van der Waals surface area contributed by atoms with Crippen LogP contribution in [0.1, 0.15) is 30.1 Å². The fourth-order valence-electron chi connectivity index (χ4n) is 4.03. The third-order valence-corrected chi connectivity index (χ3v) is 6.72. The highest BCUT2D eigenvalue weighted by Gasteiger charge is 2.30. The summed E-state index contributed by atoms with van der Waals surface area (Å²) in [6.45, 7) is 3.84. The number of para-hydroxylation sites is 1. The largest absolute Gasteiger partial charge is 0.374 e. The Morgan fingerprint density at radius 1 is 1.09 bits per heavy atom. The minimum Gasteiger partial charge on any atom is -0.374 e. The van der Waals surface area contributed by atoms with Crippen LogP contribution in [0, 0.1) is 0 Å². The zero-order valence-corrected chi connectivity index (χ0v) is 19.4. The summed E-state index contributed by atoms with van der Waals surface area (Å²) >= 11 is 1.39. The Hall–Kier alpha value is -2.68. The Morgan fingerprint density at radius 2 is 1.85 bits per heavy atom. The first-order chi connectivity index (χ1) is 16.2. The monoisotopic (exact) mass is 463 g/mol. The van der Waals surface area contributed by atoms with Crippen LogP contribution in [0.25, 0.3) is 5.69 Å². The highest BCUT2D eigenvalue weighted by atomic mass is 32.2. The Morgan fingerprint density at radius 3 is 2.61 bits per heavy atom. The number of ether oxygens (including phenoxy) is 1. The summed E-state index contributed by atoms with van der Waals surface area (Å²) in [6.07, 6.45) is 2.31. The van der Waals surface area contributed by atoms with Gasteiger partial charge in [0.15, 0.2) is 0 Å². The molecule has 5 rings (SSSR count). The van der Waals surface area contributed by atoms with E-state index in [1.165, 1.54) is 17.3 Å². The van der Waals surface area contributed by atoms with Gasteiger partial charge in [-0.1, -0.05) is 60.3 Å². The number of thioether (sulfide) groups is 1. The van der Waals surface area contributed by atoms with Crippen LogP contribution in [0.2, 0.25) is 0 Å². The standard InChI is InChI=1S/C25H29N5O2S/c31-23(26-15-22-17-29(13-14-32-22)16-19-7-3-1-4-8-19)18-33-25-27-24(20-11-12-20)30(28-25)21-9-5-2-6-10-21/h1-10,20,22H,11-18H2,(H,26,31)/t22-/m1/s1. The van der Waals surface area contributed by atoms with E-state index in [0.717, 1.165) is 44.0 Å². The lowest BCUT2D eigenvalue weighted by atomic mass is 10.2. The molecule has 2 fully saturated rings. The van der Waals surface area contributed by atoms with Crippen LogP contribution < -0.4 is 5.32 Å². The quantitative estimate of drug-likeness (QED) is 0.491. The van der Waals surface area contributed by atoms with E-state index < -0.39 is 0 Å². The van der Waals surface area contributed by atoms with Crippen LogP contribution in [0.3, 0.4) is 0 Å². The van der Waals surface area contributed by atoms with E-state index >= 15 is 0 Å². The van der Waals surface area contributed by atoms with E-state index in [-0.39, 0.29) is 12.0 Å². The fraction of sp³-hybridized carbons (Fsp3) is 0.400. The zero-order valence-electron chi connectivity index (χ0n) is 18.6. The number of nitrogens with zero attached hydrogens (tertiary/aromatic N) is 4. The van der Waals surface area contributed by atoms with Crippen molar-refractivity contribution in [1.29, 1.82) is 0 Å². The lowest BCUT2D eigenvalue weighted by molar-refractivity contribution is -0.119. The molecule has 1 aliphatic carbocycles. The molecule has 2 heterocycles. The molecule has 1 atom stereocenters. The predicted molar refractivity (Wildman–Crippen MR) is 129 cm³/mol. The first-order valence-corrected chi connectivity index (χ1v) is 12.5. The average molecular weight is 464 g/mol. The van der Waals surface area contributed by atoms with E-state index in [2.05, 4.69) is 39.6 Å². The molecule has 2 aliphatic rings. The van der Waals surface area contributed by atoms with Gasteiger partial charge in [0.2, 0.25) is 11.1 Å². The van der Waals surface area contributed by atoms with Crippen molar-refractivity contribution in [3.05, 3.63) is 72.1 Å². The van der Waals surface area contributed by atoms with Crippen LogP contribution in [0.4, 0.5) is 0 Å². The third-order valence-electron chi connectivity index (χ3n) is 5.89. The highest BCUT2D eigenvalue weighted by molar-refractivity contribution is 7.99. The van der Waals surface area contributed by atoms with Crippen LogP contribution in [-0.2, 0) is 16.1 Å². The molecule has 7 nitrogen and oxygen atoms in total. The Bertz CT molecular complexity index is 1060. The summed E-state index contributed by atoms with van der Waals surface area (Å²) in [6, 6.07) is 20.5. The second-order valence-corrected chi connectivity index (χ2v) is 9.52. The molecule has 172 valence electrons. The predicted octanol–water partition coefficient (Wildman–Crippen LogP) is 3.25. The summed E-state index contributed by atoms with van der Waals surface area (Å²) in [5.74, 6) is 1.75. The SMILES string of the molecule is O=C(CSc1nc(C2CC2)n(-c2ccccc2)n1)NC[C@@H]1CN(Cc2ccccc2)CCO1. The van der Waals surface area contributed by atoms with Crippen LogP contribution in [0.15, 0.2) is 65.8 Å². The van der Waals surface area contributed by atoms with Crippen molar-refractivity contribution in [2.24, 2.45) is 0 Å². The molecule has 1 aromatic heterocycles. The lowest BCUT2D eigenvalue weighted by Gasteiger charge is -2.33. The Labute approximate surface area is 198 Å². The molecule has 1 aliphatic heterocycles. The second-order valence-electron chi connectivity index (χ2n) is 8.58. The van der Waals surface area contributed by atoms with Gasteiger partial charge >= 0.3 is 0 Å². The second kappa shape index (κ2) is 10.5. The molecule has 0 unspecified atom stereocenters. The van der Waals surface area contributed by atoms with Crippen molar-refractivity contribution in [3.8, 4) is 5.69 Å². The number of carbonyl (C=O) groups is 1. The summed E-state index contributed by atoms with van der Waals surface area (Å²) in [7, 11) is 0. The summed E-state index contributed by atoms with van der Waals surface area (Å²) < 4.78 is 7.79. The maximum atomic E-state index is 12.5. The van der Waals surface area contributed by atoms with E-state index in [0.29, 0.717) is 30.0 Å². The number of carbonyl (C=O) groups excluding carboxylic acids is 1. The molecule has 1 N–H and O–H groups in total. The number of benzene rings is 2. The van der Waals surface area contributed by atoms with Crippen LogP contribution in [0.5, 0.6) is 0 Å². The van der Waals surface area contributed by atoms with Crippen LogP contribution >= 0.6 is 11.8 Å². The minimum atomic E-state index is -0.0205. The molecule has 0 spiro atoms. The summed E-state index contributed by atoms with van der Waals surface area (Å²) in [5.41, 5.74) is 2.31. The highest BCUT2D eigenvalue weighted by Crippen LogP contribution is 2.40. The zero-order chi connectivity index (χ0) is 22.5. The van der Waals surface area contributed by atoms with Crippen molar-refractivity contribution < 1.29 is 9.53 Å². The summed E-state index contributed by atoms with van der Waals surface area (Å²) in [4.78, 5) is 19.6. The first-order valence-electron chi connectivity index (χ1n) is 11.5. The smallest absolute Gasteiger partial charge is 0.230 e. The van der Waals surface area contributed by atoms with Gasteiger partial charge in [-0.2, -0.15) is 0 Å². The molecular weight excluding hydrogens is 434 g/mol. The van der Waals surface area contributed by atoms with Gasteiger partial charge in [0, 0.05) is 32.1 Å². The van der Waals surface area contributed by atoms with Gasteiger partial charge in [0.25, 0.3) is 0 Å². The Balaban J connectivity index is 1.10. The maximum absolute atomic E-state index is 12.5. The number of rotatable bonds is 9. The molecule has 8 heteroatoms. The van der Waals surface area contributed by atoms with E-state index in [4.69, 9.17) is 9.72 Å². The number of hydrogen-bond acceptors (Lipinski definition) is 6. The van der Waals surface area contributed by atoms with Crippen LogP contribution in [-0.4, -0.2) is 63.7 Å². The molecule has 2 aromatic carbocycles. The molecule has 1 saturated heterocycles. The fourth-order valence-corrected chi connectivity index (χ4v) is 4.69. The molecule has 0 radical (unpaired) electrons. The minimum absolute atomic E-state index is 0.00768. The lowest BCUT2D eigenvalue weighted by Crippen LogP contribution is -2.47. The molecule has 1 amide bonds. The number of amides is 1. The van der Waals surface area contributed by atoms with Gasteiger partial charge in [0.05, 0.1) is 24.2 Å². The van der Waals surface area contributed by atoms with Gasteiger partial charge in [-0.15, -0.1) is 5.10 Å². The third kappa shape index (κ3) is 6.01. The molecule has 1 saturated carbocycles. The summed E-state index contributed by atoms with van der Waals surface area (Å²) in [5, 5.41) is 8.34. The van der Waals surface area contributed by atoms with Gasteiger partial charge in [-0.3, -0.25) is 9.69 Å². The van der Waals surface area contributed by atoms with Gasteiger partial charge in [-0.25, -0.2) is 9.67 Å². The molecular formula is C25H29N5O2S. The van der Waals surface area contributed by atoms with E-state index in [1.54, 1.807) is 0 Å².